The second-order valence-corrected chi connectivity index (χ2v) is 4.08. The zero-order valence-electron chi connectivity index (χ0n) is 7.69. The van der Waals surface area contributed by atoms with Crippen molar-refractivity contribution in [2.45, 2.75) is 6.92 Å². The number of aromatic nitrogens is 2. The van der Waals surface area contributed by atoms with Crippen LogP contribution in [0.25, 0.3) is 11.3 Å². The van der Waals surface area contributed by atoms with Crippen LogP contribution in [0.5, 0.6) is 0 Å². The Morgan fingerprint density at radius 3 is 2.43 bits per heavy atom. The number of nitrogens with zero attached hydrogens (tertiary/aromatic N) is 2. The fraction of sp³-hybridized carbons (Fsp3) is 0.0909. The van der Waals surface area contributed by atoms with Gasteiger partial charge in [-0.3, -0.25) is 0 Å². The third kappa shape index (κ3) is 2.06. The third-order valence-corrected chi connectivity index (χ3v) is 2.42. The molecule has 0 aliphatic heterocycles. The molecule has 0 fully saturated rings. The van der Waals surface area contributed by atoms with Crippen molar-refractivity contribution >= 4 is 4.34 Å². The summed E-state index contributed by atoms with van der Waals surface area (Å²) in [5, 5.41) is 0. The molecule has 2 rings (SSSR count). The Labute approximate surface area is 93.6 Å². The standard InChI is InChI=1S/C11H9N2.Ir/c1-9-7-11(13-8-12-9)10-5-3-2-4-6-10;/h2-7H,1H3;. The van der Waals surface area contributed by atoms with Crippen LogP contribution in [0, 0.1) is 6.92 Å². The zero-order valence-corrected chi connectivity index (χ0v) is 10.1. The Morgan fingerprint density at radius 1 is 1.07 bits per heavy atom. The molecule has 0 unspecified atom stereocenters. The fourth-order valence-corrected chi connectivity index (χ4v) is 1.99. The van der Waals surface area contributed by atoms with Gasteiger partial charge in [0.1, 0.15) is 0 Å². The Bertz CT molecular complexity index is 420. The number of hydrogen-bond donors (Lipinski definition) is 0. The van der Waals surface area contributed by atoms with Crippen molar-refractivity contribution < 1.29 is 18.9 Å². The van der Waals surface area contributed by atoms with Gasteiger partial charge in [-0.05, 0) is 0 Å². The van der Waals surface area contributed by atoms with Gasteiger partial charge in [0.15, 0.2) is 0 Å². The van der Waals surface area contributed by atoms with E-state index in [2.05, 4.69) is 22.1 Å². The zero-order chi connectivity index (χ0) is 9.97. The van der Waals surface area contributed by atoms with E-state index < -0.39 is 0 Å². The molecular formula is C11H9IrN2. The first-order valence-electron chi connectivity index (χ1n) is 4.30. The van der Waals surface area contributed by atoms with Gasteiger partial charge in [-0.25, -0.2) is 0 Å². The first kappa shape index (κ1) is 9.50. The van der Waals surface area contributed by atoms with Crippen molar-refractivity contribution in [3.63, 3.8) is 0 Å². The molecule has 1 aromatic heterocycles. The molecule has 0 atom stereocenters. The molecule has 0 aliphatic carbocycles. The monoisotopic (exact) mass is 362 g/mol. The van der Waals surface area contributed by atoms with E-state index in [1.165, 1.54) is 0 Å². The number of rotatable bonds is 1. The van der Waals surface area contributed by atoms with Crippen LogP contribution >= 0.6 is 0 Å². The minimum atomic E-state index is 0.823. The van der Waals surface area contributed by atoms with E-state index in [4.69, 9.17) is 0 Å². The van der Waals surface area contributed by atoms with E-state index in [1.807, 2.05) is 50.1 Å². The second kappa shape index (κ2) is 3.99. The number of benzene rings is 1. The van der Waals surface area contributed by atoms with Gasteiger partial charge in [-0.1, -0.05) is 0 Å². The molecule has 0 amide bonds. The summed E-state index contributed by atoms with van der Waals surface area (Å²) in [6.45, 7) is 1.99. The molecule has 1 aromatic carbocycles. The molecule has 2 aromatic rings. The van der Waals surface area contributed by atoms with Crippen molar-refractivity contribution in [1.29, 1.82) is 0 Å². The Morgan fingerprint density at radius 2 is 1.79 bits per heavy atom. The summed E-state index contributed by atoms with van der Waals surface area (Å²) >= 11 is 1.92. The van der Waals surface area contributed by atoms with Crippen molar-refractivity contribution in [2.75, 3.05) is 0 Å². The van der Waals surface area contributed by atoms with E-state index in [0.29, 0.717) is 0 Å². The molecule has 0 spiro atoms. The summed E-state index contributed by atoms with van der Waals surface area (Å²) in [5.74, 6) is 0. The van der Waals surface area contributed by atoms with Crippen LogP contribution in [0.3, 0.4) is 0 Å². The van der Waals surface area contributed by atoms with E-state index in [-0.39, 0.29) is 0 Å². The summed E-state index contributed by atoms with van der Waals surface area (Å²) in [5.41, 5.74) is 3.15. The molecule has 0 bridgehead atoms. The van der Waals surface area contributed by atoms with Crippen LogP contribution in [0.2, 0.25) is 0 Å². The van der Waals surface area contributed by atoms with Gasteiger partial charge >= 0.3 is 93.5 Å². The topological polar surface area (TPSA) is 25.8 Å². The van der Waals surface area contributed by atoms with Crippen LogP contribution in [0.1, 0.15) is 5.69 Å². The fourth-order valence-electron chi connectivity index (χ4n) is 1.28. The first-order valence-corrected chi connectivity index (χ1v) is 5.50. The molecule has 14 heavy (non-hydrogen) atoms. The van der Waals surface area contributed by atoms with Gasteiger partial charge < -0.3 is 0 Å². The molecule has 0 saturated heterocycles. The van der Waals surface area contributed by atoms with Crippen LogP contribution in [-0.2, 0) is 18.9 Å². The van der Waals surface area contributed by atoms with E-state index in [0.717, 1.165) is 21.3 Å². The quantitative estimate of drug-likeness (QED) is 0.772. The van der Waals surface area contributed by atoms with Crippen LogP contribution in [0.4, 0.5) is 0 Å². The molecule has 2 nitrogen and oxygen atoms in total. The van der Waals surface area contributed by atoms with Crippen LogP contribution in [0.15, 0.2) is 36.4 Å². The predicted molar refractivity (Wildman–Crippen MR) is 51.8 cm³/mol. The van der Waals surface area contributed by atoms with Crippen LogP contribution < -0.4 is 4.34 Å². The SMILES string of the molecule is Cc1cc(-c2ccccc2)n[c]([Ir])n1. The summed E-state index contributed by atoms with van der Waals surface area (Å²) in [7, 11) is 0. The van der Waals surface area contributed by atoms with Crippen LogP contribution in [-0.4, -0.2) is 9.97 Å². The predicted octanol–water partition coefficient (Wildman–Crippen LogP) is 1.62. The molecular weight excluding hydrogens is 352 g/mol. The van der Waals surface area contributed by atoms with Gasteiger partial charge in [0.2, 0.25) is 0 Å². The number of hydrogen-bond acceptors (Lipinski definition) is 2. The van der Waals surface area contributed by atoms with E-state index >= 15 is 0 Å². The van der Waals surface area contributed by atoms with Crippen molar-refractivity contribution in [2.24, 2.45) is 0 Å². The first-order chi connectivity index (χ1) is 6.75. The van der Waals surface area contributed by atoms with Crippen molar-refractivity contribution in [3.8, 4) is 11.3 Å². The maximum atomic E-state index is 4.39. The summed E-state index contributed by atoms with van der Waals surface area (Å²) in [6.07, 6.45) is 0. The molecule has 0 N–H and O–H groups in total. The van der Waals surface area contributed by atoms with Crippen molar-refractivity contribution in [3.05, 3.63) is 42.1 Å². The van der Waals surface area contributed by atoms with E-state index in [1.54, 1.807) is 0 Å². The van der Waals surface area contributed by atoms with E-state index in [9.17, 15) is 0 Å². The summed E-state index contributed by atoms with van der Waals surface area (Å²) < 4.78 is 0.823. The van der Waals surface area contributed by atoms with Gasteiger partial charge in [-0.2, -0.15) is 0 Å². The molecule has 0 saturated carbocycles. The van der Waals surface area contributed by atoms with Crippen molar-refractivity contribution in [1.82, 2.24) is 9.97 Å². The number of aryl methyl sites for hydroxylation is 1. The second-order valence-electron chi connectivity index (χ2n) is 3.01. The van der Waals surface area contributed by atoms with Gasteiger partial charge in [0, 0.05) is 0 Å². The molecule has 3 heteroatoms. The third-order valence-electron chi connectivity index (χ3n) is 1.89. The maximum absolute atomic E-state index is 4.39. The molecule has 0 radical (unpaired) electrons. The summed E-state index contributed by atoms with van der Waals surface area (Å²) in [4.78, 5) is 8.64. The normalized spacial score (nSPS) is 10.2. The summed E-state index contributed by atoms with van der Waals surface area (Å²) in [6, 6.07) is 12.2. The Hall–Kier alpha value is -1.05. The molecule has 1 heterocycles. The van der Waals surface area contributed by atoms with Gasteiger partial charge in [0.25, 0.3) is 0 Å². The molecule has 72 valence electrons. The minimum absolute atomic E-state index is 0.823. The average Bonchev–Trinajstić information content (AvgIpc) is 2.18. The Kier molecular flexibility index (Phi) is 2.71. The van der Waals surface area contributed by atoms with Gasteiger partial charge in [-0.15, -0.1) is 0 Å². The molecule has 0 aliphatic rings. The average molecular weight is 361 g/mol. The van der Waals surface area contributed by atoms with Gasteiger partial charge in [0.05, 0.1) is 0 Å². The Balaban J connectivity index is 2.52.